The molecular weight excluding hydrogens is 154 g/mol. The number of hydrogen-bond donors (Lipinski definition) is 1. The molecule has 0 saturated carbocycles. The van der Waals surface area contributed by atoms with Crippen molar-refractivity contribution in [1.82, 2.24) is 0 Å². The van der Waals surface area contributed by atoms with Gasteiger partial charge >= 0.3 is 0 Å². The summed E-state index contributed by atoms with van der Waals surface area (Å²) in [6.45, 7) is 8.31. The molecule has 12 heavy (non-hydrogen) atoms. The topological polar surface area (TPSA) is 52.3 Å². The minimum Gasteiger partial charge on any atom is -0.382 e. The zero-order chi connectivity index (χ0) is 9.56. The molecule has 0 rings (SSSR count). The predicted molar refractivity (Wildman–Crippen MR) is 48.9 cm³/mol. The number of Topliss-reactive ketones (excluding diaryl/α,β-unsaturated/α-hetero) is 1. The van der Waals surface area contributed by atoms with Crippen molar-refractivity contribution >= 4 is 5.78 Å². The molecule has 70 valence electrons. The highest BCUT2D eigenvalue weighted by Crippen LogP contribution is 1.98. The van der Waals surface area contributed by atoms with E-state index in [4.69, 9.17) is 10.5 Å². The molecule has 0 bridgehead atoms. The number of ketones is 1. The Kier molecular flexibility index (Phi) is 5.58. The highest BCUT2D eigenvalue weighted by molar-refractivity contribution is 5.98. The third-order valence-electron chi connectivity index (χ3n) is 1.53. The summed E-state index contributed by atoms with van der Waals surface area (Å²) in [6, 6.07) is -0.450. The second kappa shape index (κ2) is 5.91. The second-order valence-electron chi connectivity index (χ2n) is 2.74. The van der Waals surface area contributed by atoms with Crippen molar-refractivity contribution in [2.24, 2.45) is 5.73 Å². The fraction of sp³-hybridized carbons (Fsp3) is 0.667. The zero-order valence-electron chi connectivity index (χ0n) is 7.80. The van der Waals surface area contributed by atoms with Gasteiger partial charge in [0.15, 0.2) is 5.78 Å². The summed E-state index contributed by atoms with van der Waals surface area (Å²) in [7, 11) is 0. The molecule has 0 aromatic rings. The first kappa shape index (κ1) is 11.3. The van der Waals surface area contributed by atoms with Crippen LogP contribution in [0.2, 0.25) is 0 Å². The van der Waals surface area contributed by atoms with Crippen LogP contribution in [0.1, 0.15) is 20.3 Å². The van der Waals surface area contributed by atoms with Crippen LogP contribution in [0.15, 0.2) is 12.2 Å². The molecule has 1 unspecified atom stereocenters. The molecule has 2 N–H and O–H groups in total. The van der Waals surface area contributed by atoms with E-state index in [2.05, 4.69) is 6.58 Å². The van der Waals surface area contributed by atoms with E-state index in [1.165, 1.54) is 0 Å². The highest BCUT2D eigenvalue weighted by atomic mass is 16.5. The van der Waals surface area contributed by atoms with Gasteiger partial charge in [0.1, 0.15) is 0 Å². The van der Waals surface area contributed by atoms with Crippen LogP contribution in [0.3, 0.4) is 0 Å². The van der Waals surface area contributed by atoms with E-state index in [0.717, 1.165) is 0 Å². The fourth-order valence-corrected chi connectivity index (χ4v) is 0.802. The first-order valence-electron chi connectivity index (χ1n) is 4.12. The van der Waals surface area contributed by atoms with Gasteiger partial charge in [0, 0.05) is 13.2 Å². The quantitative estimate of drug-likeness (QED) is 0.477. The Morgan fingerprint density at radius 3 is 2.67 bits per heavy atom. The van der Waals surface area contributed by atoms with Crippen molar-refractivity contribution in [2.45, 2.75) is 26.3 Å². The van der Waals surface area contributed by atoms with E-state index in [9.17, 15) is 4.79 Å². The van der Waals surface area contributed by atoms with Gasteiger partial charge in [0.2, 0.25) is 0 Å². The van der Waals surface area contributed by atoms with E-state index in [1.807, 2.05) is 6.92 Å². The summed E-state index contributed by atoms with van der Waals surface area (Å²) in [5, 5.41) is 0. The van der Waals surface area contributed by atoms with Gasteiger partial charge in [-0.3, -0.25) is 4.79 Å². The Morgan fingerprint density at radius 2 is 2.25 bits per heavy atom. The van der Waals surface area contributed by atoms with Crippen molar-refractivity contribution in [3.05, 3.63) is 12.2 Å². The molecule has 3 heteroatoms. The fourth-order valence-electron chi connectivity index (χ4n) is 0.802. The third kappa shape index (κ3) is 4.26. The number of carbonyl (C=O) groups excluding carboxylic acids is 1. The predicted octanol–water partition coefficient (Wildman–Crippen LogP) is 0.885. The van der Waals surface area contributed by atoms with Crippen LogP contribution in [-0.4, -0.2) is 25.0 Å². The van der Waals surface area contributed by atoms with Crippen LogP contribution in [0, 0.1) is 0 Å². The normalized spacial score (nSPS) is 12.6. The van der Waals surface area contributed by atoms with Crippen molar-refractivity contribution in [1.29, 1.82) is 0 Å². The lowest BCUT2D eigenvalue weighted by Gasteiger charge is -2.09. The zero-order valence-corrected chi connectivity index (χ0v) is 7.80. The molecule has 0 amide bonds. The average Bonchev–Trinajstić information content (AvgIpc) is 2.03. The summed E-state index contributed by atoms with van der Waals surface area (Å²) in [6.07, 6.45) is 0.569. The van der Waals surface area contributed by atoms with Gasteiger partial charge < -0.3 is 10.5 Å². The van der Waals surface area contributed by atoms with Gasteiger partial charge in [0.25, 0.3) is 0 Å². The second-order valence-corrected chi connectivity index (χ2v) is 2.74. The summed E-state index contributed by atoms with van der Waals surface area (Å²) in [4.78, 5) is 11.2. The number of nitrogens with two attached hydrogens (primary N) is 1. The molecular formula is C9H17NO2. The maximum absolute atomic E-state index is 11.2. The van der Waals surface area contributed by atoms with Crippen molar-refractivity contribution in [3.63, 3.8) is 0 Å². The maximum Gasteiger partial charge on any atom is 0.174 e. The molecule has 0 heterocycles. The van der Waals surface area contributed by atoms with E-state index in [1.54, 1.807) is 6.92 Å². The largest absolute Gasteiger partial charge is 0.382 e. The first-order valence-corrected chi connectivity index (χ1v) is 4.12. The van der Waals surface area contributed by atoms with Gasteiger partial charge in [-0.1, -0.05) is 6.58 Å². The van der Waals surface area contributed by atoms with Gasteiger partial charge in [-0.15, -0.1) is 0 Å². The SMILES string of the molecule is C=C(C)C(=O)C(N)CCOCC. The molecule has 0 aliphatic carbocycles. The maximum atomic E-state index is 11.2. The summed E-state index contributed by atoms with van der Waals surface area (Å²) in [5.41, 5.74) is 6.08. The van der Waals surface area contributed by atoms with Crippen LogP contribution in [0.5, 0.6) is 0 Å². The summed E-state index contributed by atoms with van der Waals surface area (Å²) >= 11 is 0. The molecule has 0 aliphatic heterocycles. The Hall–Kier alpha value is -0.670. The first-order chi connectivity index (χ1) is 5.59. The van der Waals surface area contributed by atoms with E-state index >= 15 is 0 Å². The van der Waals surface area contributed by atoms with Gasteiger partial charge in [-0.2, -0.15) is 0 Å². The van der Waals surface area contributed by atoms with Crippen molar-refractivity contribution < 1.29 is 9.53 Å². The molecule has 0 aromatic heterocycles. The smallest absolute Gasteiger partial charge is 0.174 e. The Bertz CT molecular complexity index is 166. The van der Waals surface area contributed by atoms with Crippen LogP contribution in [-0.2, 0) is 9.53 Å². The molecule has 0 aliphatic rings. The standard InChI is InChI=1S/C9H17NO2/c1-4-12-6-5-8(10)9(11)7(2)3/h8H,2,4-6,10H2,1,3H3. The molecule has 0 radical (unpaired) electrons. The molecule has 0 spiro atoms. The number of rotatable bonds is 6. The minimum absolute atomic E-state index is 0.0743. The van der Waals surface area contributed by atoms with Gasteiger partial charge in [0.05, 0.1) is 6.04 Å². The lowest BCUT2D eigenvalue weighted by Crippen LogP contribution is -2.32. The molecule has 0 saturated heterocycles. The molecule has 3 nitrogen and oxygen atoms in total. The van der Waals surface area contributed by atoms with Gasteiger partial charge in [-0.05, 0) is 25.8 Å². The van der Waals surface area contributed by atoms with E-state index < -0.39 is 6.04 Å². The van der Waals surface area contributed by atoms with Crippen LogP contribution >= 0.6 is 0 Å². The number of carbonyl (C=O) groups is 1. The van der Waals surface area contributed by atoms with Crippen molar-refractivity contribution in [3.8, 4) is 0 Å². The van der Waals surface area contributed by atoms with Crippen LogP contribution in [0.25, 0.3) is 0 Å². The Balaban J connectivity index is 3.64. The van der Waals surface area contributed by atoms with Crippen molar-refractivity contribution in [2.75, 3.05) is 13.2 Å². The number of hydrogen-bond acceptors (Lipinski definition) is 3. The van der Waals surface area contributed by atoms with Crippen LogP contribution < -0.4 is 5.73 Å². The van der Waals surface area contributed by atoms with E-state index in [-0.39, 0.29) is 5.78 Å². The molecule has 0 fully saturated rings. The third-order valence-corrected chi connectivity index (χ3v) is 1.53. The monoisotopic (exact) mass is 171 g/mol. The molecule has 0 aromatic carbocycles. The molecule has 1 atom stereocenters. The average molecular weight is 171 g/mol. The highest BCUT2D eigenvalue weighted by Gasteiger charge is 2.12. The lowest BCUT2D eigenvalue weighted by atomic mass is 10.1. The Morgan fingerprint density at radius 1 is 1.67 bits per heavy atom. The Labute approximate surface area is 73.6 Å². The van der Waals surface area contributed by atoms with Gasteiger partial charge in [-0.25, -0.2) is 0 Å². The summed E-state index contributed by atoms with van der Waals surface area (Å²) in [5.74, 6) is -0.0743. The lowest BCUT2D eigenvalue weighted by molar-refractivity contribution is -0.117. The number of ether oxygens (including phenoxy) is 1. The van der Waals surface area contributed by atoms with Crippen LogP contribution in [0.4, 0.5) is 0 Å². The minimum atomic E-state index is -0.450. The summed E-state index contributed by atoms with van der Waals surface area (Å²) < 4.78 is 5.07. The van der Waals surface area contributed by atoms with E-state index in [0.29, 0.717) is 25.2 Å².